The molecule has 0 aliphatic rings. The minimum Gasteiger partial charge on any atom is -0.494 e. The van der Waals surface area contributed by atoms with Crippen LogP contribution in [0.1, 0.15) is 10.5 Å². The van der Waals surface area contributed by atoms with E-state index in [1.165, 1.54) is 17.9 Å². The molecule has 35 heavy (non-hydrogen) atoms. The Labute approximate surface area is 214 Å². The highest BCUT2D eigenvalue weighted by atomic mass is 35.5. The lowest BCUT2D eigenvalue weighted by molar-refractivity contribution is -0.133. The SMILES string of the molecule is COc1cccc2cc(C(=O)Nc3ccccc3Cl)n(NC(=O)C(=O)Nc3cccc(Cl)c3Cl)c12. The fourth-order valence-electron chi connectivity index (χ4n) is 3.36. The van der Waals surface area contributed by atoms with Gasteiger partial charge in [-0.05, 0) is 36.4 Å². The Kier molecular flexibility index (Phi) is 7.16. The molecule has 11 heteroatoms. The van der Waals surface area contributed by atoms with Crippen molar-refractivity contribution in [1.29, 1.82) is 0 Å². The number of benzene rings is 3. The molecule has 0 aliphatic carbocycles. The molecule has 0 radical (unpaired) electrons. The average Bonchev–Trinajstić information content (AvgIpc) is 3.22. The predicted molar refractivity (Wildman–Crippen MR) is 137 cm³/mol. The van der Waals surface area contributed by atoms with Gasteiger partial charge in [-0.15, -0.1) is 0 Å². The van der Waals surface area contributed by atoms with Crippen molar-refractivity contribution in [2.24, 2.45) is 0 Å². The Morgan fingerprint density at radius 2 is 1.49 bits per heavy atom. The van der Waals surface area contributed by atoms with Gasteiger partial charge in [0.2, 0.25) is 0 Å². The first-order valence-corrected chi connectivity index (χ1v) is 11.2. The van der Waals surface area contributed by atoms with Crippen LogP contribution >= 0.6 is 34.8 Å². The van der Waals surface area contributed by atoms with Crippen molar-refractivity contribution in [3.63, 3.8) is 0 Å². The van der Waals surface area contributed by atoms with E-state index in [-0.39, 0.29) is 21.4 Å². The number of anilines is 2. The number of nitrogens with zero attached hydrogens (tertiary/aromatic N) is 1. The van der Waals surface area contributed by atoms with Crippen molar-refractivity contribution in [3.8, 4) is 5.75 Å². The molecule has 4 aromatic rings. The van der Waals surface area contributed by atoms with Gasteiger partial charge in [0.05, 0.1) is 33.6 Å². The summed E-state index contributed by atoms with van der Waals surface area (Å²) in [7, 11) is 1.45. The van der Waals surface area contributed by atoms with E-state index in [0.717, 1.165) is 0 Å². The molecule has 1 heterocycles. The zero-order chi connectivity index (χ0) is 25.1. The van der Waals surface area contributed by atoms with Crippen LogP contribution in [-0.2, 0) is 9.59 Å². The van der Waals surface area contributed by atoms with Crippen LogP contribution < -0.4 is 20.8 Å². The van der Waals surface area contributed by atoms with Crippen LogP contribution in [0.15, 0.2) is 66.7 Å². The van der Waals surface area contributed by atoms with Crippen LogP contribution in [0.3, 0.4) is 0 Å². The highest BCUT2D eigenvalue weighted by molar-refractivity contribution is 6.46. The molecule has 0 spiro atoms. The summed E-state index contributed by atoms with van der Waals surface area (Å²) in [4.78, 5) is 38.6. The van der Waals surface area contributed by atoms with Gasteiger partial charge in [-0.2, -0.15) is 0 Å². The second kappa shape index (κ2) is 10.3. The monoisotopic (exact) mass is 530 g/mol. The van der Waals surface area contributed by atoms with Crippen molar-refractivity contribution >= 4 is 74.8 Å². The summed E-state index contributed by atoms with van der Waals surface area (Å²) in [5, 5.41) is 6.34. The van der Waals surface area contributed by atoms with Gasteiger partial charge >= 0.3 is 11.8 Å². The number of hydrogen-bond donors (Lipinski definition) is 3. The number of rotatable bonds is 5. The normalized spacial score (nSPS) is 10.6. The summed E-state index contributed by atoms with van der Waals surface area (Å²) >= 11 is 18.2. The molecule has 0 atom stereocenters. The number of carbonyl (C=O) groups is 3. The third kappa shape index (κ3) is 5.05. The van der Waals surface area contributed by atoms with Crippen LogP contribution in [0.2, 0.25) is 15.1 Å². The minimum atomic E-state index is -1.06. The number of aromatic nitrogens is 1. The quantitative estimate of drug-likeness (QED) is 0.293. The number of para-hydroxylation sites is 2. The molecule has 3 N–H and O–H groups in total. The molecule has 0 unspecified atom stereocenters. The average molecular weight is 532 g/mol. The summed E-state index contributed by atoms with van der Waals surface area (Å²) in [6.45, 7) is 0. The Bertz CT molecular complexity index is 1470. The molecule has 0 saturated carbocycles. The molecule has 3 aromatic carbocycles. The molecule has 0 saturated heterocycles. The molecule has 3 amide bonds. The largest absolute Gasteiger partial charge is 0.494 e. The van der Waals surface area contributed by atoms with Gasteiger partial charge in [-0.25, -0.2) is 4.68 Å². The van der Waals surface area contributed by atoms with E-state index in [2.05, 4.69) is 16.1 Å². The number of fused-ring (bicyclic) bond motifs is 1. The highest BCUT2D eigenvalue weighted by Gasteiger charge is 2.23. The van der Waals surface area contributed by atoms with Crippen LogP contribution in [0.5, 0.6) is 5.75 Å². The number of carbonyl (C=O) groups excluding carboxylic acids is 3. The molecule has 8 nitrogen and oxygen atoms in total. The molecule has 0 aliphatic heterocycles. The molecule has 4 rings (SSSR count). The number of nitrogens with one attached hydrogen (secondary N) is 3. The van der Waals surface area contributed by atoms with Crippen LogP contribution in [-0.4, -0.2) is 29.5 Å². The second-order valence-corrected chi connectivity index (χ2v) is 8.39. The van der Waals surface area contributed by atoms with E-state index in [1.807, 2.05) is 0 Å². The Balaban J connectivity index is 1.69. The van der Waals surface area contributed by atoms with E-state index in [9.17, 15) is 14.4 Å². The lowest BCUT2D eigenvalue weighted by Crippen LogP contribution is -2.36. The molecular weight excluding hydrogens is 515 g/mol. The van der Waals surface area contributed by atoms with Crippen LogP contribution in [0.25, 0.3) is 10.9 Å². The summed E-state index contributed by atoms with van der Waals surface area (Å²) in [6.07, 6.45) is 0. The first-order chi connectivity index (χ1) is 16.8. The van der Waals surface area contributed by atoms with Crippen molar-refractivity contribution in [3.05, 3.63) is 87.5 Å². The second-order valence-electron chi connectivity index (χ2n) is 7.19. The third-order valence-electron chi connectivity index (χ3n) is 4.98. The maximum Gasteiger partial charge on any atom is 0.328 e. The number of methoxy groups -OCH3 is 1. The molecule has 1 aromatic heterocycles. The van der Waals surface area contributed by atoms with Gasteiger partial charge in [-0.3, -0.25) is 19.8 Å². The number of amides is 3. The minimum absolute atomic E-state index is 0.0337. The molecule has 178 valence electrons. The van der Waals surface area contributed by atoms with E-state index in [4.69, 9.17) is 39.5 Å². The molecular formula is C24H17Cl3N4O4. The van der Waals surface area contributed by atoms with Crippen LogP contribution in [0, 0.1) is 0 Å². The summed E-state index contributed by atoms with van der Waals surface area (Å²) in [5.74, 6) is -2.28. The lowest BCUT2D eigenvalue weighted by atomic mass is 10.2. The fraction of sp³-hybridized carbons (Fsp3) is 0.0417. The van der Waals surface area contributed by atoms with E-state index in [0.29, 0.717) is 27.4 Å². The molecule has 0 fully saturated rings. The van der Waals surface area contributed by atoms with Crippen molar-refractivity contribution < 1.29 is 19.1 Å². The summed E-state index contributed by atoms with van der Waals surface area (Å²) in [6, 6.07) is 18.0. The van der Waals surface area contributed by atoms with Gasteiger partial charge in [0.15, 0.2) is 0 Å². The van der Waals surface area contributed by atoms with Gasteiger partial charge in [0.1, 0.15) is 17.0 Å². The van der Waals surface area contributed by atoms with Crippen LogP contribution in [0.4, 0.5) is 11.4 Å². The topological polar surface area (TPSA) is 101 Å². The van der Waals surface area contributed by atoms with Gasteiger partial charge in [0, 0.05) is 5.39 Å². The predicted octanol–water partition coefficient (Wildman–Crippen LogP) is 5.57. The maximum absolute atomic E-state index is 13.2. The van der Waals surface area contributed by atoms with Crippen molar-refractivity contribution in [2.75, 3.05) is 23.2 Å². The Morgan fingerprint density at radius 3 is 2.23 bits per heavy atom. The Morgan fingerprint density at radius 1 is 0.800 bits per heavy atom. The van der Waals surface area contributed by atoms with E-state index >= 15 is 0 Å². The number of ether oxygens (including phenoxy) is 1. The van der Waals surface area contributed by atoms with Crippen molar-refractivity contribution in [2.45, 2.75) is 0 Å². The van der Waals surface area contributed by atoms with E-state index in [1.54, 1.807) is 60.7 Å². The number of halogens is 3. The fourth-order valence-corrected chi connectivity index (χ4v) is 3.89. The first-order valence-electron chi connectivity index (χ1n) is 10.1. The summed E-state index contributed by atoms with van der Waals surface area (Å²) in [5.41, 5.74) is 3.40. The lowest BCUT2D eigenvalue weighted by Gasteiger charge is -2.14. The maximum atomic E-state index is 13.2. The van der Waals surface area contributed by atoms with Crippen molar-refractivity contribution in [1.82, 2.24) is 4.68 Å². The van der Waals surface area contributed by atoms with Gasteiger partial charge in [-0.1, -0.05) is 65.1 Å². The van der Waals surface area contributed by atoms with Gasteiger partial charge < -0.3 is 15.4 Å². The third-order valence-corrected chi connectivity index (χ3v) is 6.13. The zero-order valence-corrected chi connectivity index (χ0v) is 20.3. The first kappa shape index (κ1) is 24.4. The smallest absolute Gasteiger partial charge is 0.328 e. The standard InChI is InChI=1S/C24H17Cl3N4O4/c1-35-19-11-4-6-13-12-18(22(32)28-16-9-3-2-7-14(16)25)31(21(13)19)30-24(34)23(33)29-17-10-5-8-15(26)20(17)27/h2-12H,1H3,(H,28,32)(H,29,33)(H,30,34). The van der Waals surface area contributed by atoms with Gasteiger partial charge in [0.25, 0.3) is 5.91 Å². The zero-order valence-electron chi connectivity index (χ0n) is 18.1. The Hall–Kier alpha value is -3.72. The highest BCUT2D eigenvalue weighted by Crippen LogP contribution is 2.31. The summed E-state index contributed by atoms with van der Waals surface area (Å²) < 4.78 is 6.59. The van der Waals surface area contributed by atoms with E-state index < -0.39 is 17.7 Å². The number of hydrogen-bond acceptors (Lipinski definition) is 4. The molecule has 0 bridgehead atoms.